The number of hydrogen-bond acceptors (Lipinski definition) is 0. The van der Waals surface area contributed by atoms with Gasteiger partial charge in [0.25, 0.3) is 0 Å². The van der Waals surface area contributed by atoms with Gasteiger partial charge in [0.05, 0.1) is 11.0 Å². The molecule has 6 aromatic rings. The SMILES string of the molecule is CCCc1ccc2c(c1)c1c(n2-c2ccc(-c3ccc(-n4c5c(c6ccccc64)C=CCC5)cc3)cc2)CCC=C1. The van der Waals surface area contributed by atoms with E-state index >= 15 is 0 Å². The van der Waals surface area contributed by atoms with Crippen LogP contribution in [0, 0.1) is 0 Å². The fourth-order valence-corrected chi connectivity index (χ4v) is 7.08. The minimum atomic E-state index is 1.08. The fourth-order valence-electron chi connectivity index (χ4n) is 7.08. The topological polar surface area (TPSA) is 9.86 Å². The van der Waals surface area contributed by atoms with Gasteiger partial charge in [-0.3, -0.25) is 0 Å². The Morgan fingerprint density at radius 3 is 1.76 bits per heavy atom. The van der Waals surface area contributed by atoms with Crippen LogP contribution in [-0.2, 0) is 19.3 Å². The molecule has 0 unspecified atom stereocenters. The maximum absolute atomic E-state index is 2.49. The van der Waals surface area contributed by atoms with Crippen LogP contribution in [0.3, 0.4) is 0 Å². The lowest BCUT2D eigenvalue weighted by Crippen LogP contribution is -2.03. The van der Waals surface area contributed by atoms with E-state index in [4.69, 9.17) is 0 Å². The molecule has 2 aliphatic rings. The molecule has 41 heavy (non-hydrogen) atoms. The first-order valence-electron chi connectivity index (χ1n) is 15.1. The third-order valence-electron chi connectivity index (χ3n) is 8.98. The van der Waals surface area contributed by atoms with Crippen molar-refractivity contribution < 1.29 is 0 Å². The van der Waals surface area contributed by atoms with Crippen molar-refractivity contribution in [1.82, 2.24) is 9.13 Å². The molecular weight excluding hydrogens is 496 g/mol. The second kappa shape index (κ2) is 9.82. The summed E-state index contributed by atoms with van der Waals surface area (Å²) in [6, 6.07) is 34.1. The van der Waals surface area contributed by atoms with Crippen molar-refractivity contribution in [2.24, 2.45) is 0 Å². The van der Waals surface area contributed by atoms with E-state index < -0.39 is 0 Å². The van der Waals surface area contributed by atoms with Crippen LogP contribution in [-0.4, -0.2) is 9.13 Å². The Labute approximate surface area is 241 Å². The van der Waals surface area contributed by atoms with Gasteiger partial charge in [0.1, 0.15) is 0 Å². The molecule has 0 N–H and O–H groups in total. The number of rotatable bonds is 5. The number of para-hydroxylation sites is 1. The first-order chi connectivity index (χ1) is 20.3. The van der Waals surface area contributed by atoms with Crippen LogP contribution in [0.1, 0.15) is 54.3 Å². The molecule has 0 fully saturated rings. The minimum absolute atomic E-state index is 1.08. The van der Waals surface area contributed by atoms with Gasteiger partial charge in [-0.25, -0.2) is 0 Å². The van der Waals surface area contributed by atoms with Gasteiger partial charge in [0.15, 0.2) is 0 Å². The Kier molecular flexibility index (Phi) is 5.81. The molecule has 0 amide bonds. The molecule has 4 aromatic carbocycles. The number of fused-ring (bicyclic) bond motifs is 6. The van der Waals surface area contributed by atoms with Crippen molar-refractivity contribution in [2.75, 3.05) is 0 Å². The summed E-state index contributed by atoms with van der Waals surface area (Å²) >= 11 is 0. The second-order valence-corrected chi connectivity index (χ2v) is 11.5. The number of aryl methyl sites for hydroxylation is 1. The van der Waals surface area contributed by atoms with Crippen molar-refractivity contribution in [3.8, 4) is 22.5 Å². The lowest BCUT2D eigenvalue weighted by Gasteiger charge is -2.15. The molecule has 0 atom stereocenters. The van der Waals surface area contributed by atoms with Gasteiger partial charge in [-0.15, -0.1) is 0 Å². The van der Waals surface area contributed by atoms with Gasteiger partial charge >= 0.3 is 0 Å². The van der Waals surface area contributed by atoms with Crippen LogP contribution >= 0.6 is 0 Å². The molecule has 0 saturated carbocycles. The molecule has 200 valence electrons. The predicted octanol–water partition coefficient (Wildman–Crippen LogP) is 10.1. The largest absolute Gasteiger partial charge is 0.313 e. The van der Waals surface area contributed by atoms with Crippen LogP contribution in [0.2, 0.25) is 0 Å². The number of nitrogens with zero attached hydrogens (tertiary/aromatic N) is 2. The monoisotopic (exact) mass is 530 g/mol. The van der Waals surface area contributed by atoms with E-state index in [-0.39, 0.29) is 0 Å². The average Bonchev–Trinajstić information content (AvgIpc) is 3.54. The molecule has 0 saturated heterocycles. The standard InChI is InChI=1S/C39H34N2/c1-2-9-27-16-25-39-35(26-27)34-12-5-8-15-38(34)41(39)31-23-19-29(20-24-31)28-17-21-30(22-18-28)40-36-13-6-3-10-32(36)33-11-4-7-14-37(33)40/h3-6,10-13,16-26H,2,7-9,14-15H2,1H3. The van der Waals surface area contributed by atoms with E-state index in [1.54, 1.807) is 0 Å². The Hall–Kier alpha value is -4.56. The molecule has 2 heteroatoms. The minimum Gasteiger partial charge on any atom is -0.313 e. The van der Waals surface area contributed by atoms with Gasteiger partial charge < -0.3 is 9.13 Å². The molecule has 0 radical (unpaired) electrons. The predicted molar refractivity (Wildman–Crippen MR) is 174 cm³/mol. The highest BCUT2D eigenvalue weighted by molar-refractivity contribution is 5.94. The summed E-state index contributed by atoms with van der Waals surface area (Å²) in [5.74, 6) is 0. The van der Waals surface area contributed by atoms with Gasteiger partial charge in [-0.1, -0.05) is 86.2 Å². The lowest BCUT2D eigenvalue weighted by atomic mass is 10.0. The molecule has 2 aliphatic carbocycles. The summed E-state index contributed by atoms with van der Waals surface area (Å²) in [5.41, 5.74) is 14.7. The summed E-state index contributed by atoms with van der Waals surface area (Å²) in [4.78, 5) is 0. The van der Waals surface area contributed by atoms with E-state index in [0.717, 1.165) is 32.1 Å². The summed E-state index contributed by atoms with van der Waals surface area (Å²) in [7, 11) is 0. The molecule has 0 aliphatic heterocycles. The fraction of sp³-hybridized carbons (Fsp3) is 0.179. The zero-order valence-corrected chi connectivity index (χ0v) is 23.6. The normalized spacial score (nSPS) is 14.1. The number of aromatic nitrogens is 2. The average molecular weight is 531 g/mol. The van der Waals surface area contributed by atoms with Gasteiger partial charge in [-0.2, -0.15) is 0 Å². The zero-order valence-electron chi connectivity index (χ0n) is 23.6. The van der Waals surface area contributed by atoms with Gasteiger partial charge in [0.2, 0.25) is 0 Å². The molecule has 0 spiro atoms. The van der Waals surface area contributed by atoms with Crippen LogP contribution in [0.5, 0.6) is 0 Å². The highest BCUT2D eigenvalue weighted by Gasteiger charge is 2.20. The summed E-state index contributed by atoms with van der Waals surface area (Å²) in [5, 5.41) is 2.73. The maximum atomic E-state index is 2.49. The number of hydrogen-bond donors (Lipinski definition) is 0. The third-order valence-corrected chi connectivity index (χ3v) is 8.98. The first kappa shape index (κ1) is 24.3. The van der Waals surface area contributed by atoms with E-state index in [9.17, 15) is 0 Å². The van der Waals surface area contributed by atoms with Crippen molar-refractivity contribution in [3.05, 3.63) is 131 Å². The molecule has 2 heterocycles. The Bertz CT molecular complexity index is 1970. The van der Waals surface area contributed by atoms with E-state index in [1.807, 2.05) is 0 Å². The third kappa shape index (κ3) is 3.93. The smallest absolute Gasteiger partial charge is 0.0537 e. The molecule has 2 aromatic heterocycles. The Balaban J connectivity index is 1.15. The summed E-state index contributed by atoms with van der Waals surface area (Å²) in [6.45, 7) is 2.26. The van der Waals surface area contributed by atoms with Crippen LogP contribution in [0.15, 0.2) is 103 Å². The van der Waals surface area contributed by atoms with Crippen LogP contribution in [0.25, 0.3) is 56.5 Å². The van der Waals surface area contributed by atoms with Crippen LogP contribution < -0.4 is 0 Å². The van der Waals surface area contributed by atoms with Crippen LogP contribution in [0.4, 0.5) is 0 Å². The van der Waals surface area contributed by atoms with Gasteiger partial charge in [-0.05, 0) is 91.3 Å². The van der Waals surface area contributed by atoms with E-state index in [0.29, 0.717) is 0 Å². The molecule has 0 bridgehead atoms. The maximum Gasteiger partial charge on any atom is 0.0537 e. The highest BCUT2D eigenvalue weighted by atomic mass is 15.0. The summed E-state index contributed by atoms with van der Waals surface area (Å²) < 4.78 is 4.95. The lowest BCUT2D eigenvalue weighted by molar-refractivity contribution is 0.888. The van der Waals surface area contributed by atoms with E-state index in [2.05, 4.69) is 131 Å². The molecule has 8 rings (SSSR count). The highest BCUT2D eigenvalue weighted by Crippen LogP contribution is 2.37. The zero-order chi connectivity index (χ0) is 27.3. The molecule has 2 nitrogen and oxygen atoms in total. The van der Waals surface area contributed by atoms with Gasteiger partial charge in [0, 0.05) is 44.7 Å². The Morgan fingerprint density at radius 2 is 1.15 bits per heavy atom. The Morgan fingerprint density at radius 1 is 0.585 bits per heavy atom. The quantitative estimate of drug-likeness (QED) is 0.210. The number of allylic oxidation sites excluding steroid dienone is 2. The van der Waals surface area contributed by atoms with Crippen molar-refractivity contribution in [1.29, 1.82) is 0 Å². The second-order valence-electron chi connectivity index (χ2n) is 11.5. The molecular formula is C39H34N2. The van der Waals surface area contributed by atoms with Crippen molar-refractivity contribution in [2.45, 2.75) is 45.4 Å². The number of benzene rings is 4. The van der Waals surface area contributed by atoms with E-state index in [1.165, 1.54) is 78.8 Å². The summed E-state index contributed by atoms with van der Waals surface area (Å²) in [6.07, 6.45) is 15.9. The van der Waals surface area contributed by atoms with Crippen molar-refractivity contribution >= 4 is 34.0 Å². The van der Waals surface area contributed by atoms with Crippen molar-refractivity contribution in [3.63, 3.8) is 0 Å². The first-order valence-corrected chi connectivity index (χ1v) is 15.1.